The number of rotatable bonds is 11. The third-order valence-electron chi connectivity index (χ3n) is 4.86. The lowest BCUT2D eigenvalue weighted by Crippen LogP contribution is -2.50. The molecule has 29 heavy (non-hydrogen) atoms. The number of benzene rings is 2. The molecule has 1 atom stereocenters. The van der Waals surface area contributed by atoms with E-state index in [1.165, 1.54) is 0 Å². The zero-order chi connectivity index (χ0) is 21.1. The van der Waals surface area contributed by atoms with Crippen LogP contribution in [0, 0.1) is 6.92 Å². The maximum Gasteiger partial charge on any atom is 0.261 e. The summed E-state index contributed by atoms with van der Waals surface area (Å²) in [7, 11) is 0. The Balaban J connectivity index is 2.01. The van der Waals surface area contributed by atoms with Gasteiger partial charge in [-0.3, -0.25) is 9.59 Å². The first-order valence-corrected chi connectivity index (χ1v) is 10.3. The van der Waals surface area contributed by atoms with E-state index in [0.717, 1.165) is 24.0 Å². The predicted molar refractivity (Wildman–Crippen MR) is 116 cm³/mol. The lowest BCUT2D eigenvalue weighted by Gasteiger charge is -2.28. The molecule has 0 fully saturated rings. The molecule has 2 aromatic rings. The zero-order valence-electron chi connectivity index (χ0n) is 17.7. The number of hydrogen-bond acceptors (Lipinski definition) is 3. The summed E-state index contributed by atoms with van der Waals surface area (Å²) in [6.07, 6.45) is 2.62. The van der Waals surface area contributed by atoms with E-state index in [-0.39, 0.29) is 18.4 Å². The Morgan fingerprint density at radius 3 is 2.41 bits per heavy atom. The van der Waals surface area contributed by atoms with E-state index in [9.17, 15) is 9.59 Å². The van der Waals surface area contributed by atoms with Gasteiger partial charge in [-0.2, -0.15) is 0 Å². The van der Waals surface area contributed by atoms with Crippen molar-refractivity contribution in [2.24, 2.45) is 0 Å². The summed E-state index contributed by atoms with van der Waals surface area (Å²) in [5.74, 6) is 0.321. The zero-order valence-corrected chi connectivity index (χ0v) is 17.7. The number of hydrogen-bond donors (Lipinski definition) is 1. The van der Waals surface area contributed by atoms with Crippen LogP contribution in [0.25, 0.3) is 0 Å². The minimum absolute atomic E-state index is 0.0928. The Bertz CT molecular complexity index is 759. The van der Waals surface area contributed by atoms with Gasteiger partial charge in [0.2, 0.25) is 5.91 Å². The second-order valence-electron chi connectivity index (χ2n) is 7.25. The quantitative estimate of drug-likeness (QED) is 0.589. The van der Waals surface area contributed by atoms with Gasteiger partial charge in [0.25, 0.3) is 5.91 Å². The van der Waals surface area contributed by atoms with Crippen LogP contribution in [0.4, 0.5) is 0 Å². The molecular weight excluding hydrogens is 364 g/mol. The third kappa shape index (κ3) is 7.60. The van der Waals surface area contributed by atoms with Gasteiger partial charge in [-0.25, -0.2) is 0 Å². The van der Waals surface area contributed by atoms with Crippen molar-refractivity contribution in [2.45, 2.75) is 46.1 Å². The van der Waals surface area contributed by atoms with Gasteiger partial charge in [0.15, 0.2) is 6.61 Å². The van der Waals surface area contributed by atoms with Crippen molar-refractivity contribution in [3.8, 4) is 5.75 Å². The van der Waals surface area contributed by atoms with Gasteiger partial charge in [-0.05, 0) is 44.4 Å². The largest absolute Gasteiger partial charge is 0.484 e. The molecule has 156 valence electrons. The summed E-state index contributed by atoms with van der Waals surface area (Å²) < 4.78 is 5.66. The Kier molecular flexibility index (Phi) is 9.22. The van der Waals surface area contributed by atoms with Crippen LogP contribution in [-0.2, 0) is 16.0 Å². The van der Waals surface area contributed by atoms with E-state index in [1.807, 2.05) is 61.5 Å². The maximum atomic E-state index is 12.9. The molecule has 2 amide bonds. The highest BCUT2D eigenvalue weighted by Gasteiger charge is 2.25. The van der Waals surface area contributed by atoms with E-state index in [1.54, 1.807) is 11.8 Å². The monoisotopic (exact) mass is 396 g/mol. The number of aryl methyl sites for hydroxylation is 1. The highest BCUT2D eigenvalue weighted by Crippen LogP contribution is 2.12. The van der Waals surface area contributed by atoms with Gasteiger partial charge in [0.1, 0.15) is 11.8 Å². The first-order valence-electron chi connectivity index (χ1n) is 10.3. The van der Waals surface area contributed by atoms with Crippen LogP contribution < -0.4 is 10.1 Å². The van der Waals surface area contributed by atoms with Crippen molar-refractivity contribution < 1.29 is 14.3 Å². The molecule has 0 unspecified atom stereocenters. The van der Waals surface area contributed by atoms with Gasteiger partial charge in [-0.15, -0.1) is 0 Å². The minimum Gasteiger partial charge on any atom is -0.484 e. The number of nitrogens with one attached hydrogen (secondary N) is 1. The van der Waals surface area contributed by atoms with Crippen molar-refractivity contribution in [2.75, 3.05) is 19.7 Å². The van der Waals surface area contributed by atoms with Crippen LogP contribution in [0.2, 0.25) is 0 Å². The summed E-state index contributed by atoms with van der Waals surface area (Å²) in [5, 5.41) is 2.92. The third-order valence-corrected chi connectivity index (χ3v) is 4.86. The maximum absolute atomic E-state index is 12.9. The molecule has 0 aromatic heterocycles. The van der Waals surface area contributed by atoms with Gasteiger partial charge in [0.05, 0.1) is 0 Å². The van der Waals surface area contributed by atoms with Gasteiger partial charge in [-0.1, -0.05) is 61.4 Å². The summed E-state index contributed by atoms with van der Waals surface area (Å²) in [5.41, 5.74) is 2.26. The molecule has 2 aromatic carbocycles. The fourth-order valence-corrected chi connectivity index (χ4v) is 2.97. The molecule has 5 nitrogen and oxygen atoms in total. The molecule has 2 rings (SSSR count). The lowest BCUT2D eigenvalue weighted by molar-refractivity contribution is -0.141. The number of carbonyl (C=O) groups is 2. The number of nitrogens with zero attached hydrogens (tertiary/aromatic N) is 1. The van der Waals surface area contributed by atoms with E-state index in [0.29, 0.717) is 25.3 Å². The molecule has 0 heterocycles. The van der Waals surface area contributed by atoms with Crippen molar-refractivity contribution in [1.29, 1.82) is 0 Å². The van der Waals surface area contributed by atoms with E-state index >= 15 is 0 Å². The van der Waals surface area contributed by atoms with Gasteiger partial charge >= 0.3 is 0 Å². The van der Waals surface area contributed by atoms with Crippen molar-refractivity contribution in [3.63, 3.8) is 0 Å². The normalized spacial score (nSPS) is 11.6. The minimum atomic E-state index is -0.551. The second-order valence-corrected chi connectivity index (χ2v) is 7.25. The summed E-state index contributed by atoms with van der Waals surface area (Å²) in [6.45, 7) is 6.84. The SMILES string of the molecule is CCCCNC(=O)[C@@H](C)N(CCc1ccccc1)C(=O)COc1ccc(C)cc1. The molecule has 1 N–H and O–H groups in total. The molecule has 0 bridgehead atoms. The number of unbranched alkanes of at least 4 members (excludes halogenated alkanes) is 1. The highest BCUT2D eigenvalue weighted by molar-refractivity contribution is 5.87. The van der Waals surface area contributed by atoms with E-state index in [2.05, 4.69) is 12.2 Å². The molecule has 0 saturated carbocycles. The molecule has 0 radical (unpaired) electrons. The summed E-state index contributed by atoms with van der Waals surface area (Å²) in [4.78, 5) is 27.1. The van der Waals surface area contributed by atoms with Crippen molar-refractivity contribution in [1.82, 2.24) is 10.2 Å². The fourth-order valence-electron chi connectivity index (χ4n) is 2.97. The van der Waals surface area contributed by atoms with Crippen molar-refractivity contribution >= 4 is 11.8 Å². The van der Waals surface area contributed by atoms with Crippen LogP contribution in [0.5, 0.6) is 5.75 Å². The number of carbonyl (C=O) groups excluding carboxylic acids is 2. The number of ether oxygens (including phenoxy) is 1. The van der Waals surface area contributed by atoms with Crippen LogP contribution in [0.1, 0.15) is 37.8 Å². The smallest absolute Gasteiger partial charge is 0.261 e. The van der Waals surface area contributed by atoms with Crippen molar-refractivity contribution in [3.05, 3.63) is 65.7 Å². The Morgan fingerprint density at radius 1 is 1.07 bits per heavy atom. The molecule has 0 aliphatic rings. The fraction of sp³-hybridized carbons (Fsp3) is 0.417. The molecular formula is C24H32N2O3. The van der Waals surface area contributed by atoms with E-state index < -0.39 is 6.04 Å². The topological polar surface area (TPSA) is 58.6 Å². The predicted octanol–water partition coefficient (Wildman–Crippen LogP) is 3.75. The Hall–Kier alpha value is -2.82. The number of amides is 2. The Labute approximate surface area is 174 Å². The van der Waals surface area contributed by atoms with Gasteiger partial charge in [0, 0.05) is 13.1 Å². The second kappa shape index (κ2) is 11.9. The lowest BCUT2D eigenvalue weighted by atomic mass is 10.1. The van der Waals surface area contributed by atoms with Gasteiger partial charge < -0.3 is 15.0 Å². The molecule has 5 heteroatoms. The highest BCUT2D eigenvalue weighted by atomic mass is 16.5. The molecule has 0 saturated heterocycles. The molecule has 0 spiro atoms. The van der Waals surface area contributed by atoms with Crippen LogP contribution in [0.3, 0.4) is 0 Å². The van der Waals surface area contributed by atoms with Crippen LogP contribution >= 0.6 is 0 Å². The average molecular weight is 397 g/mol. The standard InChI is InChI=1S/C24H32N2O3/c1-4-5-16-25-24(28)20(3)26(17-15-21-9-7-6-8-10-21)23(27)18-29-22-13-11-19(2)12-14-22/h6-14,20H,4-5,15-18H2,1-3H3,(H,25,28)/t20-/m1/s1. The first kappa shape index (κ1) is 22.5. The average Bonchev–Trinajstić information content (AvgIpc) is 2.74. The first-order chi connectivity index (χ1) is 14.0. The van der Waals surface area contributed by atoms with Crippen LogP contribution in [0.15, 0.2) is 54.6 Å². The van der Waals surface area contributed by atoms with E-state index in [4.69, 9.17) is 4.74 Å². The summed E-state index contributed by atoms with van der Waals surface area (Å²) >= 11 is 0. The molecule has 0 aliphatic heterocycles. The molecule has 0 aliphatic carbocycles. The van der Waals surface area contributed by atoms with Crippen LogP contribution in [-0.4, -0.2) is 42.5 Å². The summed E-state index contributed by atoms with van der Waals surface area (Å²) in [6, 6.07) is 17.0. The Morgan fingerprint density at radius 2 is 1.76 bits per heavy atom.